The van der Waals surface area contributed by atoms with Crippen molar-refractivity contribution in [3.05, 3.63) is 70.5 Å². The highest BCUT2D eigenvalue weighted by Crippen LogP contribution is 2.11. The van der Waals surface area contributed by atoms with Gasteiger partial charge in [0.1, 0.15) is 5.82 Å². The average Bonchev–Trinajstić information content (AvgIpc) is 2.47. The summed E-state index contributed by atoms with van der Waals surface area (Å²) in [4.78, 5) is 11.1. The smallest absolute Gasteiger partial charge is 0.335 e. The summed E-state index contributed by atoms with van der Waals surface area (Å²) in [5.74, 6) is -1.15. The second-order valence-corrected chi connectivity index (χ2v) is 4.96. The molecule has 0 fully saturated rings. The summed E-state index contributed by atoms with van der Waals surface area (Å²) in [6.07, 6.45) is 0.622. The van der Waals surface area contributed by atoms with Gasteiger partial charge in [0.05, 0.1) is 5.56 Å². The fourth-order valence-corrected chi connectivity index (χ4v) is 2.22. The maximum absolute atomic E-state index is 13.2. The summed E-state index contributed by atoms with van der Waals surface area (Å²) in [7, 11) is 0. The fraction of sp³-hybridized carbons (Fsp3) is 0.235. The molecule has 0 aliphatic heterocycles. The van der Waals surface area contributed by atoms with Crippen molar-refractivity contribution in [2.45, 2.75) is 19.9 Å². The molecule has 0 aliphatic carbocycles. The van der Waals surface area contributed by atoms with E-state index in [-0.39, 0.29) is 5.82 Å². The molecule has 0 saturated heterocycles. The van der Waals surface area contributed by atoms with Crippen molar-refractivity contribution in [3.63, 3.8) is 0 Å². The lowest BCUT2D eigenvalue weighted by molar-refractivity contribution is 0.0695. The zero-order chi connectivity index (χ0) is 15.2. The summed E-state index contributed by atoms with van der Waals surface area (Å²) in [5.41, 5.74) is 3.09. The molecule has 2 rings (SSSR count). The first-order chi connectivity index (χ1) is 10.1. The zero-order valence-electron chi connectivity index (χ0n) is 11.9. The molecule has 0 aromatic heterocycles. The van der Waals surface area contributed by atoms with Gasteiger partial charge in [0, 0.05) is 6.54 Å². The predicted molar refractivity (Wildman–Crippen MR) is 79.9 cm³/mol. The number of hydrogen-bond acceptors (Lipinski definition) is 2. The molecule has 0 spiro atoms. The fourth-order valence-electron chi connectivity index (χ4n) is 2.22. The van der Waals surface area contributed by atoms with E-state index in [9.17, 15) is 9.18 Å². The molecule has 0 aliphatic rings. The van der Waals surface area contributed by atoms with E-state index in [2.05, 4.69) is 5.32 Å². The molecule has 0 atom stereocenters. The molecular formula is C17H18FNO2. The molecule has 3 nitrogen and oxygen atoms in total. The van der Waals surface area contributed by atoms with Crippen LogP contribution in [0.4, 0.5) is 4.39 Å². The topological polar surface area (TPSA) is 49.3 Å². The van der Waals surface area contributed by atoms with Crippen LogP contribution in [0.25, 0.3) is 0 Å². The number of rotatable bonds is 6. The van der Waals surface area contributed by atoms with Crippen LogP contribution in [0.2, 0.25) is 0 Å². The van der Waals surface area contributed by atoms with Gasteiger partial charge in [0.15, 0.2) is 0 Å². The van der Waals surface area contributed by atoms with Gasteiger partial charge in [0.2, 0.25) is 0 Å². The maximum Gasteiger partial charge on any atom is 0.335 e. The van der Waals surface area contributed by atoms with Crippen molar-refractivity contribution in [2.24, 2.45) is 0 Å². The molecule has 0 amide bonds. The minimum Gasteiger partial charge on any atom is -0.478 e. The Morgan fingerprint density at radius 1 is 1.19 bits per heavy atom. The Bertz CT molecular complexity index is 640. The summed E-state index contributed by atoms with van der Waals surface area (Å²) in [6, 6.07) is 11.7. The Balaban J connectivity index is 1.91. The Morgan fingerprint density at radius 3 is 2.71 bits per heavy atom. The van der Waals surface area contributed by atoms with Crippen molar-refractivity contribution in [1.82, 2.24) is 5.32 Å². The molecule has 2 aromatic carbocycles. The van der Waals surface area contributed by atoms with E-state index in [0.717, 1.165) is 16.7 Å². The zero-order valence-corrected chi connectivity index (χ0v) is 11.9. The Morgan fingerprint density at radius 2 is 1.95 bits per heavy atom. The highest BCUT2D eigenvalue weighted by molar-refractivity contribution is 5.89. The van der Waals surface area contributed by atoms with Gasteiger partial charge in [-0.25, -0.2) is 9.18 Å². The van der Waals surface area contributed by atoms with Crippen LogP contribution in [-0.2, 0) is 13.0 Å². The van der Waals surface area contributed by atoms with E-state index in [1.165, 1.54) is 12.1 Å². The summed E-state index contributed by atoms with van der Waals surface area (Å²) >= 11 is 0. The van der Waals surface area contributed by atoms with E-state index in [4.69, 9.17) is 5.11 Å². The Kier molecular flexibility index (Phi) is 5.06. The summed E-state index contributed by atoms with van der Waals surface area (Å²) in [6.45, 7) is 3.15. The predicted octanol–water partition coefficient (Wildman–Crippen LogP) is 3.16. The van der Waals surface area contributed by atoms with Gasteiger partial charge >= 0.3 is 5.97 Å². The largest absolute Gasteiger partial charge is 0.478 e. The van der Waals surface area contributed by atoms with Crippen molar-refractivity contribution >= 4 is 5.97 Å². The van der Waals surface area contributed by atoms with Gasteiger partial charge in [-0.05, 0) is 54.8 Å². The monoisotopic (exact) mass is 287 g/mol. The summed E-state index contributed by atoms with van der Waals surface area (Å²) in [5, 5.41) is 12.3. The van der Waals surface area contributed by atoms with Crippen LogP contribution in [-0.4, -0.2) is 17.6 Å². The number of hydrogen-bond donors (Lipinski definition) is 2. The lowest BCUT2D eigenvalue weighted by Crippen LogP contribution is -2.18. The van der Waals surface area contributed by atoms with E-state index in [1.807, 2.05) is 19.1 Å². The lowest BCUT2D eigenvalue weighted by atomic mass is 10.0. The molecule has 0 saturated carbocycles. The third kappa shape index (κ3) is 4.13. The number of nitrogens with one attached hydrogen (secondary N) is 1. The quantitative estimate of drug-likeness (QED) is 0.802. The highest BCUT2D eigenvalue weighted by Gasteiger charge is 2.08. The number of halogens is 1. The number of carboxylic acid groups (broad SMARTS) is 1. The number of benzene rings is 2. The first-order valence-corrected chi connectivity index (χ1v) is 6.85. The maximum atomic E-state index is 13.2. The van der Waals surface area contributed by atoms with Crippen LogP contribution in [0.1, 0.15) is 27.0 Å². The molecule has 0 heterocycles. The third-order valence-electron chi connectivity index (χ3n) is 3.45. The van der Waals surface area contributed by atoms with Gasteiger partial charge in [0.25, 0.3) is 0 Å². The molecule has 0 unspecified atom stereocenters. The van der Waals surface area contributed by atoms with Crippen LogP contribution >= 0.6 is 0 Å². The Labute approximate surface area is 123 Å². The van der Waals surface area contributed by atoms with Crippen LogP contribution in [0.15, 0.2) is 42.5 Å². The highest BCUT2D eigenvalue weighted by atomic mass is 19.1. The number of carboxylic acids is 1. The van der Waals surface area contributed by atoms with Gasteiger partial charge in [-0.1, -0.05) is 24.3 Å². The van der Waals surface area contributed by atoms with Crippen LogP contribution in [0, 0.1) is 12.7 Å². The second-order valence-electron chi connectivity index (χ2n) is 4.96. The lowest BCUT2D eigenvalue weighted by Gasteiger charge is -2.09. The van der Waals surface area contributed by atoms with Crippen molar-refractivity contribution in [2.75, 3.05) is 6.54 Å². The molecule has 2 N–H and O–H groups in total. The summed E-state index contributed by atoms with van der Waals surface area (Å²) < 4.78 is 13.2. The van der Waals surface area contributed by atoms with Gasteiger partial charge in [-0.2, -0.15) is 0 Å². The van der Waals surface area contributed by atoms with E-state index >= 15 is 0 Å². The van der Waals surface area contributed by atoms with E-state index < -0.39 is 5.97 Å². The normalized spacial score (nSPS) is 10.6. The van der Waals surface area contributed by atoms with Crippen LogP contribution in [0.3, 0.4) is 0 Å². The van der Waals surface area contributed by atoms with Crippen LogP contribution < -0.4 is 5.32 Å². The SMILES string of the molecule is Cc1ccc(F)cc1CNCCc1ccccc1C(=O)O. The molecule has 0 bridgehead atoms. The van der Waals surface area contributed by atoms with Crippen molar-refractivity contribution < 1.29 is 14.3 Å². The van der Waals surface area contributed by atoms with Crippen molar-refractivity contribution in [1.29, 1.82) is 0 Å². The molecule has 2 aromatic rings. The Hall–Kier alpha value is -2.20. The number of aryl methyl sites for hydroxylation is 1. The first kappa shape index (κ1) is 15.2. The molecular weight excluding hydrogens is 269 g/mol. The van der Waals surface area contributed by atoms with Gasteiger partial charge in [-0.3, -0.25) is 0 Å². The van der Waals surface area contributed by atoms with Crippen molar-refractivity contribution in [3.8, 4) is 0 Å². The second kappa shape index (κ2) is 6.99. The van der Waals surface area contributed by atoms with Gasteiger partial charge in [-0.15, -0.1) is 0 Å². The third-order valence-corrected chi connectivity index (χ3v) is 3.45. The van der Waals surface area contributed by atoms with E-state index in [0.29, 0.717) is 25.1 Å². The van der Waals surface area contributed by atoms with Crippen LogP contribution in [0.5, 0.6) is 0 Å². The molecule has 0 radical (unpaired) electrons. The minimum absolute atomic E-state index is 0.242. The number of aromatic carboxylic acids is 1. The number of carbonyl (C=O) groups is 1. The standard InChI is InChI=1S/C17H18FNO2/c1-12-6-7-15(18)10-14(12)11-19-9-8-13-4-2-3-5-16(13)17(20)21/h2-7,10,19H,8-9,11H2,1H3,(H,20,21). The molecule has 4 heteroatoms. The molecule has 21 heavy (non-hydrogen) atoms. The first-order valence-electron chi connectivity index (χ1n) is 6.85. The minimum atomic E-state index is -0.911. The van der Waals surface area contributed by atoms with E-state index in [1.54, 1.807) is 18.2 Å². The van der Waals surface area contributed by atoms with Gasteiger partial charge < -0.3 is 10.4 Å². The average molecular weight is 287 g/mol. The molecule has 110 valence electrons.